The van der Waals surface area contributed by atoms with E-state index < -0.39 is 17.6 Å². The fraction of sp³-hybridized carbons (Fsp3) is 0.125. The summed E-state index contributed by atoms with van der Waals surface area (Å²) in [6.45, 7) is 0. The van der Waals surface area contributed by atoms with Crippen LogP contribution < -0.4 is 15.4 Å². The van der Waals surface area contributed by atoms with Gasteiger partial charge in [0.15, 0.2) is 4.34 Å². The Labute approximate surface area is 206 Å². The molecule has 1 heterocycles. The van der Waals surface area contributed by atoms with Crippen LogP contribution in [0.3, 0.4) is 0 Å². The predicted octanol–water partition coefficient (Wildman–Crippen LogP) is 6.31. The van der Waals surface area contributed by atoms with Crippen LogP contribution in [0, 0.1) is 0 Å². The van der Waals surface area contributed by atoms with Crippen molar-refractivity contribution in [1.82, 2.24) is 4.98 Å². The number of halogens is 3. The van der Waals surface area contributed by atoms with Gasteiger partial charge in [-0.15, -0.1) is 11.3 Å². The van der Waals surface area contributed by atoms with Crippen molar-refractivity contribution in [3.8, 4) is 5.75 Å². The number of carbonyl (C=O) groups excluding carboxylic acids is 2. The van der Waals surface area contributed by atoms with E-state index in [0.29, 0.717) is 26.9 Å². The molecule has 0 spiro atoms. The van der Waals surface area contributed by atoms with Crippen LogP contribution in [0.25, 0.3) is 10.2 Å². The van der Waals surface area contributed by atoms with Crippen LogP contribution in [0.4, 0.5) is 24.5 Å². The van der Waals surface area contributed by atoms with Gasteiger partial charge in [-0.05, 0) is 42.5 Å². The van der Waals surface area contributed by atoms with Crippen molar-refractivity contribution >= 4 is 56.5 Å². The van der Waals surface area contributed by atoms with Gasteiger partial charge in [-0.25, -0.2) is 4.98 Å². The molecule has 4 rings (SSSR count). The van der Waals surface area contributed by atoms with Crippen molar-refractivity contribution in [3.63, 3.8) is 0 Å². The number of hydrogen-bond donors (Lipinski definition) is 2. The number of methoxy groups -OCH3 is 1. The van der Waals surface area contributed by atoms with E-state index in [-0.39, 0.29) is 17.3 Å². The van der Waals surface area contributed by atoms with Crippen LogP contribution in [0.2, 0.25) is 0 Å². The van der Waals surface area contributed by atoms with Crippen molar-refractivity contribution in [2.45, 2.75) is 10.5 Å². The van der Waals surface area contributed by atoms with Gasteiger partial charge in [-0.1, -0.05) is 36.0 Å². The standard InChI is InChI=1S/C24H18F3N3O3S2/c1-33-19-9-5-2-6-15(19)22(32)28-14-10-11-18-20(12-14)35-23(30-18)34-13-21(31)29-17-8-4-3-7-16(17)24(25,26)27/h2-12H,13H2,1H3,(H,28,32)(H,29,31). The summed E-state index contributed by atoms with van der Waals surface area (Å²) in [5.74, 6) is -0.547. The number of aromatic nitrogens is 1. The average Bonchev–Trinajstić information content (AvgIpc) is 3.24. The van der Waals surface area contributed by atoms with E-state index in [1.165, 1.54) is 36.6 Å². The third-order valence-electron chi connectivity index (χ3n) is 4.81. The average molecular weight is 518 g/mol. The van der Waals surface area contributed by atoms with Crippen LogP contribution in [-0.4, -0.2) is 29.7 Å². The van der Waals surface area contributed by atoms with E-state index >= 15 is 0 Å². The van der Waals surface area contributed by atoms with Gasteiger partial charge in [0.05, 0.1) is 39.9 Å². The van der Waals surface area contributed by atoms with Crippen molar-refractivity contribution in [1.29, 1.82) is 0 Å². The lowest BCUT2D eigenvalue weighted by atomic mass is 10.1. The molecule has 2 amide bonds. The number of ether oxygens (including phenoxy) is 1. The molecule has 0 aliphatic carbocycles. The van der Waals surface area contributed by atoms with Crippen LogP contribution in [0.1, 0.15) is 15.9 Å². The third kappa shape index (κ3) is 5.92. The molecule has 2 N–H and O–H groups in total. The van der Waals surface area contributed by atoms with E-state index in [1.807, 2.05) is 0 Å². The number of para-hydroxylation sites is 2. The van der Waals surface area contributed by atoms with Gasteiger partial charge in [0.1, 0.15) is 5.75 Å². The van der Waals surface area contributed by atoms with E-state index in [0.717, 1.165) is 22.5 Å². The minimum atomic E-state index is -4.57. The molecule has 35 heavy (non-hydrogen) atoms. The molecule has 0 radical (unpaired) electrons. The minimum Gasteiger partial charge on any atom is -0.496 e. The summed E-state index contributed by atoms with van der Waals surface area (Å²) in [6.07, 6.45) is -4.57. The molecule has 0 aliphatic rings. The Morgan fingerprint density at radius 2 is 1.77 bits per heavy atom. The van der Waals surface area contributed by atoms with E-state index in [2.05, 4.69) is 15.6 Å². The summed E-state index contributed by atoms with van der Waals surface area (Å²) >= 11 is 2.43. The van der Waals surface area contributed by atoms with E-state index in [1.54, 1.807) is 42.5 Å². The topological polar surface area (TPSA) is 80.3 Å². The molecule has 0 atom stereocenters. The normalized spacial score (nSPS) is 11.3. The number of thiazole rings is 1. The second-order valence-electron chi connectivity index (χ2n) is 7.20. The molecule has 3 aromatic carbocycles. The highest BCUT2D eigenvalue weighted by atomic mass is 32.2. The van der Waals surface area contributed by atoms with Gasteiger partial charge in [0, 0.05) is 5.69 Å². The van der Waals surface area contributed by atoms with Crippen molar-refractivity contribution < 1.29 is 27.5 Å². The van der Waals surface area contributed by atoms with Gasteiger partial charge in [0.2, 0.25) is 5.91 Å². The van der Waals surface area contributed by atoms with Gasteiger partial charge in [-0.2, -0.15) is 13.2 Å². The first-order valence-corrected chi connectivity index (χ1v) is 12.0. The van der Waals surface area contributed by atoms with Gasteiger partial charge >= 0.3 is 6.18 Å². The third-order valence-corrected chi connectivity index (χ3v) is 6.97. The van der Waals surface area contributed by atoms with Crippen molar-refractivity contribution in [2.75, 3.05) is 23.5 Å². The fourth-order valence-electron chi connectivity index (χ4n) is 3.23. The highest BCUT2D eigenvalue weighted by molar-refractivity contribution is 8.01. The Morgan fingerprint density at radius 3 is 2.54 bits per heavy atom. The lowest BCUT2D eigenvalue weighted by Crippen LogP contribution is -2.18. The van der Waals surface area contributed by atoms with Crippen LogP contribution in [0.15, 0.2) is 71.1 Å². The number of fused-ring (bicyclic) bond motifs is 1. The van der Waals surface area contributed by atoms with Crippen LogP contribution in [-0.2, 0) is 11.0 Å². The Hall–Kier alpha value is -3.57. The quantitative estimate of drug-likeness (QED) is 0.281. The Morgan fingerprint density at radius 1 is 1.03 bits per heavy atom. The number of thioether (sulfide) groups is 1. The SMILES string of the molecule is COc1ccccc1C(=O)Nc1ccc2nc(SCC(=O)Nc3ccccc3C(F)(F)F)sc2c1. The zero-order chi connectivity index (χ0) is 25.0. The summed E-state index contributed by atoms with van der Waals surface area (Å²) in [7, 11) is 1.49. The number of amides is 2. The highest BCUT2D eigenvalue weighted by Gasteiger charge is 2.33. The summed E-state index contributed by atoms with van der Waals surface area (Å²) in [5, 5.41) is 5.14. The molecule has 0 saturated heterocycles. The van der Waals surface area contributed by atoms with Crippen molar-refractivity contribution in [2.24, 2.45) is 0 Å². The number of alkyl halides is 3. The smallest absolute Gasteiger partial charge is 0.418 e. The zero-order valence-corrected chi connectivity index (χ0v) is 19.8. The molecule has 1 aromatic heterocycles. The lowest BCUT2D eigenvalue weighted by molar-refractivity contribution is -0.137. The first-order valence-electron chi connectivity index (χ1n) is 10.2. The van der Waals surface area contributed by atoms with Crippen LogP contribution >= 0.6 is 23.1 Å². The highest BCUT2D eigenvalue weighted by Crippen LogP contribution is 2.35. The summed E-state index contributed by atoms with van der Waals surface area (Å²) in [5.41, 5.74) is 0.450. The van der Waals surface area contributed by atoms with Crippen molar-refractivity contribution in [3.05, 3.63) is 77.9 Å². The van der Waals surface area contributed by atoms with Crippen LogP contribution in [0.5, 0.6) is 5.75 Å². The van der Waals surface area contributed by atoms with E-state index in [4.69, 9.17) is 4.74 Å². The molecule has 180 valence electrons. The Bertz CT molecular complexity index is 1390. The fourth-order valence-corrected chi connectivity index (χ4v) is 5.13. The van der Waals surface area contributed by atoms with Gasteiger partial charge in [0.25, 0.3) is 5.91 Å². The first kappa shape index (κ1) is 24.6. The Balaban J connectivity index is 1.41. The number of benzene rings is 3. The summed E-state index contributed by atoms with van der Waals surface area (Å²) in [6, 6.07) is 16.9. The lowest BCUT2D eigenvalue weighted by Gasteiger charge is -2.13. The molecule has 0 saturated carbocycles. The molecule has 6 nitrogen and oxygen atoms in total. The molecule has 0 bridgehead atoms. The second kappa shape index (κ2) is 10.4. The number of nitrogens with zero attached hydrogens (tertiary/aromatic N) is 1. The minimum absolute atomic E-state index is 0.108. The molecular formula is C24H18F3N3O3S2. The predicted molar refractivity (Wildman–Crippen MR) is 131 cm³/mol. The number of nitrogens with one attached hydrogen (secondary N) is 2. The molecule has 0 aliphatic heterocycles. The van der Waals surface area contributed by atoms with Gasteiger partial charge in [-0.3, -0.25) is 9.59 Å². The first-order chi connectivity index (χ1) is 16.7. The summed E-state index contributed by atoms with van der Waals surface area (Å²) < 4.78 is 45.9. The molecule has 0 unspecified atom stereocenters. The maximum absolute atomic E-state index is 13.1. The zero-order valence-electron chi connectivity index (χ0n) is 18.2. The number of hydrogen-bond acceptors (Lipinski definition) is 6. The molecule has 0 fully saturated rings. The largest absolute Gasteiger partial charge is 0.496 e. The molecule has 4 aromatic rings. The van der Waals surface area contributed by atoms with E-state index in [9.17, 15) is 22.8 Å². The Kier molecular flexibility index (Phi) is 7.27. The second-order valence-corrected chi connectivity index (χ2v) is 9.45. The maximum Gasteiger partial charge on any atom is 0.418 e. The monoisotopic (exact) mass is 517 g/mol. The maximum atomic E-state index is 13.1. The van der Waals surface area contributed by atoms with Gasteiger partial charge < -0.3 is 15.4 Å². The number of anilines is 2. The number of rotatable bonds is 7. The molecular weight excluding hydrogens is 499 g/mol. The summed E-state index contributed by atoms with van der Waals surface area (Å²) in [4.78, 5) is 29.3. The number of carbonyl (C=O) groups is 2. The molecule has 11 heteroatoms.